The monoisotopic (exact) mass is 319 g/mol. The van der Waals surface area contributed by atoms with Crippen LogP contribution >= 0.6 is 0 Å². The Morgan fingerprint density at radius 1 is 1.52 bits per heavy atom. The van der Waals surface area contributed by atoms with Crippen molar-refractivity contribution < 1.29 is 14.3 Å². The fourth-order valence-electron chi connectivity index (χ4n) is 2.34. The summed E-state index contributed by atoms with van der Waals surface area (Å²) in [5.74, 6) is 0.549. The number of hydrogen-bond acceptors (Lipinski definition) is 5. The average molecular weight is 319 g/mol. The first kappa shape index (κ1) is 17.4. The van der Waals surface area contributed by atoms with Crippen molar-refractivity contribution in [2.45, 2.75) is 32.4 Å². The molecule has 1 aromatic rings. The summed E-state index contributed by atoms with van der Waals surface area (Å²) in [5.41, 5.74) is 1.79. The standard InChI is InChI=1S/C17H25N3O3/c1-12(2)5-9-23-15-11-22-8-6-14(15)20-17(21)13-4-7-19-16(10-13)18-3/h4-5,7,10,14-15H,6,8-9,11H2,1-3H3,(H,18,19)(H,20,21)/t14-,15-/m1/s1. The number of nitrogens with one attached hydrogen (secondary N) is 2. The predicted molar refractivity (Wildman–Crippen MR) is 89.6 cm³/mol. The first-order valence-corrected chi connectivity index (χ1v) is 7.87. The van der Waals surface area contributed by atoms with E-state index in [2.05, 4.69) is 15.6 Å². The summed E-state index contributed by atoms with van der Waals surface area (Å²) in [5, 5.41) is 5.99. The van der Waals surface area contributed by atoms with Crippen molar-refractivity contribution in [1.29, 1.82) is 0 Å². The van der Waals surface area contributed by atoms with E-state index in [0.29, 0.717) is 31.2 Å². The Morgan fingerprint density at radius 2 is 2.35 bits per heavy atom. The molecule has 1 aliphatic heterocycles. The molecule has 1 aromatic heterocycles. The summed E-state index contributed by atoms with van der Waals surface area (Å²) < 4.78 is 11.3. The summed E-state index contributed by atoms with van der Waals surface area (Å²) in [6.07, 6.45) is 4.26. The molecule has 1 amide bonds. The third kappa shape index (κ3) is 5.33. The van der Waals surface area contributed by atoms with Crippen LogP contribution in [0.5, 0.6) is 0 Å². The van der Waals surface area contributed by atoms with E-state index in [0.717, 1.165) is 6.42 Å². The van der Waals surface area contributed by atoms with Gasteiger partial charge in [-0.3, -0.25) is 4.79 Å². The van der Waals surface area contributed by atoms with Gasteiger partial charge in [-0.05, 0) is 32.4 Å². The molecule has 2 N–H and O–H groups in total. The quantitative estimate of drug-likeness (QED) is 0.785. The van der Waals surface area contributed by atoms with Crippen LogP contribution in [0.2, 0.25) is 0 Å². The van der Waals surface area contributed by atoms with Crippen LogP contribution in [-0.2, 0) is 9.47 Å². The van der Waals surface area contributed by atoms with E-state index in [-0.39, 0.29) is 18.1 Å². The minimum Gasteiger partial charge on any atom is -0.379 e. The Bertz CT molecular complexity index is 556. The molecule has 0 aromatic carbocycles. The van der Waals surface area contributed by atoms with E-state index < -0.39 is 0 Å². The number of aromatic nitrogens is 1. The van der Waals surface area contributed by atoms with Gasteiger partial charge >= 0.3 is 0 Å². The number of carbonyl (C=O) groups is 1. The summed E-state index contributed by atoms with van der Waals surface area (Å²) in [6, 6.07) is 3.38. The van der Waals surface area contributed by atoms with Crippen molar-refractivity contribution >= 4 is 11.7 Å². The Balaban J connectivity index is 1.97. The van der Waals surface area contributed by atoms with Crippen LogP contribution in [0, 0.1) is 0 Å². The average Bonchev–Trinajstić information content (AvgIpc) is 2.56. The van der Waals surface area contributed by atoms with Crippen LogP contribution in [0.3, 0.4) is 0 Å². The lowest BCUT2D eigenvalue weighted by Crippen LogP contribution is -2.50. The van der Waals surface area contributed by atoms with E-state index in [1.165, 1.54) is 5.57 Å². The van der Waals surface area contributed by atoms with Crippen LogP contribution in [0.25, 0.3) is 0 Å². The van der Waals surface area contributed by atoms with Crippen molar-refractivity contribution in [1.82, 2.24) is 10.3 Å². The van der Waals surface area contributed by atoms with Gasteiger partial charge in [0.1, 0.15) is 11.9 Å². The fraction of sp³-hybridized carbons (Fsp3) is 0.529. The second kappa shape index (κ2) is 8.64. The third-order valence-corrected chi connectivity index (χ3v) is 3.70. The topological polar surface area (TPSA) is 72.5 Å². The molecule has 6 nitrogen and oxygen atoms in total. The van der Waals surface area contributed by atoms with Gasteiger partial charge in [-0.15, -0.1) is 0 Å². The van der Waals surface area contributed by atoms with Gasteiger partial charge in [-0.1, -0.05) is 11.6 Å². The number of nitrogens with zero attached hydrogens (tertiary/aromatic N) is 1. The smallest absolute Gasteiger partial charge is 0.251 e. The summed E-state index contributed by atoms with van der Waals surface area (Å²) >= 11 is 0. The number of allylic oxidation sites excluding steroid dienone is 1. The van der Waals surface area contributed by atoms with E-state index in [9.17, 15) is 4.79 Å². The highest BCUT2D eigenvalue weighted by Crippen LogP contribution is 2.14. The Hall–Kier alpha value is -1.92. The van der Waals surface area contributed by atoms with E-state index in [4.69, 9.17) is 9.47 Å². The number of pyridine rings is 1. The maximum Gasteiger partial charge on any atom is 0.251 e. The van der Waals surface area contributed by atoms with Crippen molar-refractivity contribution in [2.24, 2.45) is 0 Å². The molecular formula is C17H25N3O3. The number of amides is 1. The second-order valence-electron chi connectivity index (χ2n) is 5.78. The van der Waals surface area contributed by atoms with Crippen LogP contribution < -0.4 is 10.6 Å². The van der Waals surface area contributed by atoms with E-state index in [1.54, 1.807) is 25.4 Å². The molecule has 0 radical (unpaired) electrons. The molecule has 0 unspecified atom stereocenters. The van der Waals surface area contributed by atoms with Gasteiger partial charge in [-0.2, -0.15) is 0 Å². The van der Waals surface area contributed by atoms with Crippen LogP contribution in [0.1, 0.15) is 30.6 Å². The molecule has 2 heterocycles. The molecule has 126 valence electrons. The first-order chi connectivity index (χ1) is 11.1. The Labute approximate surface area is 137 Å². The maximum absolute atomic E-state index is 12.4. The van der Waals surface area contributed by atoms with Gasteiger partial charge in [0.05, 0.1) is 19.3 Å². The third-order valence-electron chi connectivity index (χ3n) is 3.70. The lowest BCUT2D eigenvalue weighted by Gasteiger charge is -2.31. The molecule has 23 heavy (non-hydrogen) atoms. The lowest BCUT2D eigenvalue weighted by atomic mass is 10.1. The predicted octanol–water partition coefficient (Wildman–Crippen LogP) is 1.99. The van der Waals surface area contributed by atoms with Gasteiger partial charge < -0.3 is 20.1 Å². The second-order valence-corrected chi connectivity index (χ2v) is 5.78. The largest absolute Gasteiger partial charge is 0.379 e. The highest BCUT2D eigenvalue weighted by atomic mass is 16.5. The van der Waals surface area contributed by atoms with Crippen molar-refractivity contribution in [3.63, 3.8) is 0 Å². The Kier molecular flexibility index (Phi) is 6.55. The number of ether oxygens (including phenoxy) is 2. The van der Waals surface area contributed by atoms with Crippen molar-refractivity contribution in [2.75, 3.05) is 32.2 Å². The molecule has 0 aliphatic carbocycles. The van der Waals surface area contributed by atoms with Crippen molar-refractivity contribution in [3.8, 4) is 0 Å². The molecule has 2 rings (SSSR count). The van der Waals surface area contributed by atoms with Gasteiger partial charge in [0.15, 0.2) is 0 Å². The van der Waals surface area contributed by atoms with E-state index in [1.807, 2.05) is 19.9 Å². The summed E-state index contributed by atoms with van der Waals surface area (Å²) in [7, 11) is 1.77. The number of anilines is 1. The molecule has 0 saturated carbocycles. The number of carbonyl (C=O) groups excluding carboxylic acids is 1. The molecule has 6 heteroatoms. The number of rotatable bonds is 6. The highest BCUT2D eigenvalue weighted by molar-refractivity contribution is 5.95. The molecular weight excluding hydrogens is 294 g/mol. The van der Waals surface area contributed by atoms with Crippen LogP contribution in [0.4, 0.5) is 5.82 Å². The molecule has 0 spiro atoms. The minimum atomic E-state index is -0.131. The summed E-state index contributed by atoms with van der Waals surface area (Å²) in [6.45, 7) is 5.72. The van der Waals surface area contributed by atoms with Gasteiger partial charge in [0.2, 0.25) is 0 Å². The van der Waals surface area contributed by atoms with Crippen LogP contribution in [-0.4, -0.2) is 49.9 Å². The zero-order chi connectivity index (χ0) is 16.7. The van der Waals surface area contributed by atoms with Gasteiger partial charge in [0, 0.05) is 25.4 Å². The molecule has 0 bridgehead atoms. The lowest BCUT2D eigenvalue weighted by molar-refractivity contribution is -0.0589. The molecule has 2 atom stereocenters. The maximum atomic E-state index is 12.4. The molecule has 1 fully saturated rings. The van der Waals surface area contributed by atoms with Crippen LogP contribution in [0.15, 0.2) is 30.0 Å². The summed E-state index contributed by atoms with van der Waals surface area (Å²) in [4.78, 5) is 16.6. The molecule has 1 saturated heterocycles. The fourth-order valence-corrected chi connectivity index (χ4v) is 2.34. The van der Waals surface area contributed by atoms with Gasteiger partial charge in [-0.25, -0.2) is 4.98 Å². The molecule has 1 aliphatic rings. The van der Waals surface area contributed by atoms with E-state index >= 15 is 0 Å². The SMILES string of the molecule is CNc1cc(C(=O)N[C@@H]2CCOC[C@H]2OCC=C(C)C)ccn1. The first-order valence-electron chi connectivity index (χ1n) is 7.87. The zero-order valence-corrected chi connectivity index (χ0v) is 14.0. The zero-order valence-electron chi connectivity index (χ0n) is 14.0. The highest BCUT2D eigenvalue weighted by Gasteiger charge is 2.28. The normalized spacial score (nSPS) is 20.7. The number of hydrogen-bond donors (Lipinski definition) is 2. The Morgan fingerprint density at radius 3 is 3.09 bits per heavy atom. The van der Waals surface area contributed by atoms with Crippen molar-refractivity contribution in [3.05, 3.63) is 35.5 Å². The van der Waals surface area contributed by atoms with Gasteiger partial charge in [0.25, 0.3) is 5.91 Å². The minimum absolute atomic E-state index is 0.0481.